The van der Waals surface area contributed by atoms with Gasteiger partial charge in [-0.3, -0.25) is 4.72 Å². The summed E-state index contributed by atoms with van der Waals surface area (Å²) >= 11 is 5.89. The number of nitrogens with one attached hydrogen (secondary N) is 2. The number of sulfonamides is 1. The van der Waals surface area contributed by atoms with Crippen LogP contribution in [0.15, 0.2) is 71.6 Å². The summed E-state index contributed by atoms with van der Waals surface area (Å²) in [7, 11) is -3.91. The van der Waals surface area contributed by atoms with E-state index in [0.29, 0.717) is 5.56 Å². The van der Waals surface area contributed by atoms with E-state index in [1.807, 2.05) is 0 Å². The molecule has 0 aliphatic carbocycles. The van der Waals surface area contributed by atoms with Crippen LogP contribution in [0, 0.1) is 0 Å². The van der Waals surface area contributed by atoms with Crippen molar-refractivity contribution in [2.24, 2.45) is 0 Å². The molecule has 0 saturated carbocycles. The van der Waals surface area contributed by atoms with Gasteiger partial charge in [0.15, 0.2) is 0 Å². The Kier molecular flexibility index (Phi) is 8.82. The molecule has 9 nitrogen and oxygen atoms in total. The van der Waals surface area contributed by atoms with Gasteiger partial charge in [0.25, 0.3) is 10.0 Å². The van der Waals surface area contributed by atoms with E-state index in [1.54, 1.807) is 31.2 Å². The normalized spacial score (nSPS) is 14.2. The maximum absolute atomic E-state index is 12.5. The van der Waals surface area contributed by atoms with Crippen molar-refractivity contribution in [3.05, 3.63) is 77.3 Å². The number of aliphatic hydroxyl groups is 2. The van der Waals surface area contributed by atoms with Gasteiger partial charge in [-0.1, -0.05) is 35.9 Å². The van der Waals surface area contributed by atoms with E-state index in [-0.39, 0.29) is 46.0 Å². The molecule has 0 fully saturated rings. The molecule has 0 amide bonds. The summed E-state index contributed by atoms with van der Waals surface area (Å²) in [4.78, 5) is 0.0399. The SMILES string of the molecule is CC(NC[C@H](O)COc1ccc(O)c(NS(=O)(=O)c2ccccc2)c1)C(O)c1ccc(O)c(Cl)c1. The first kappa shape index (κ1) is 26.6. The Hall–Kier alpha value is -3.02. The number of halogens is 1. The highest BCUT2D eigenvalue weighted by Crippen LogP contribution is 2.30. The second-order valence-electron chi connectivity index (χ2n) is 7.91. The third kappa shape index (κ3) is 7.23. The molecular formula is C24H27ClN2O7S. The Balaban J connectivity index is 1.54. The number of phenols is 2. The van der Waals surface area contributed by atoms with Gasteiger partial charge in [-0.15, -0.1) is 0 Å². The van der Waals surface area contributed by atoms with Gasteiger partial charge in [0.1, 0.15) is 30.0 Å². The number of hydrogen-bond donors (Lipinski definition) is 6. The van der Waals surface area contributed by atoms with Gasteiger partial charge in [0, 0.05) is 18.7 Å². The summed E-state index contributed by atoms with van der Waals surface area (Å²) in [6, 6.07) is 15.7. The summed E-state index contributed by atoms with van der Waals surface area (Å²) in [6.45, 7) is 1.69. The Labute approximate surface area is 208 Å². The Morgan fingerprint density at radius 1 is 0.971 bits per heavy atom. The molecule has 0 aliphatic rings. The molecule has 0 aromatic heterocycles. The van der Waals surface area contributed by atoms with Crippen molar-refractivity contribution in [1.29, 1.82) is 0 Å². The number of hydrogen-bond acceptors (Lipinski definition) is 8. The maximum atomic E-state index is 12.5. The highest BCUT2D eigenvalue weighted by Gasteiger charge is 2.19. The van der Waals surface area contributed by atoms with E-state index in [2.05, 4.69) is 10.0 Å². The second-order valence-corrected chi connectivity index (χ2v) is 10.0. The predicted molar refractivity (Wildman–Crippen MR) is 132 cm³/mol. The van der Waals surface area contributed by atoms with Crippen LogP contribution in [-0.4, -0.2) is 54.1 Å². The number of phenolic OH excluding ortho intramolecular Hbond substituents is 2. The standard InChI is InChI=1S/C24H27ClN2O7S/c1-15(24(31)16-7-9-22(29)20(25)11-16)26-13-17(28)14-34-18-8-10-23(30)21(12-18)27-35(32,33)19-5-3-2-4-6-19/h2-12,15,17,24,26-31H,13-14H2,1H3/t15?,17-,24?/m0/s1. The molecule has 6 N–H and O–H groups in total. The highest BCUT2D eigenvalue weighted by atomic mass is 35.5. The zero-order valence-corrected chi connectivity index (χ0v) is 20.4. The molecule has 0 heterocycles. The molecule has 188 valence electrons. The Morgan fingerprint density at radius 3 is 2.34 bits per heavy atom. The number of rotatable bonds is 11. The molecule has 0 bridgehead atoms. The van der Waals surface area contributed by atoms with Gasteiger partial charge >= 0.3 is 0 Å². The first-order chi connectivity index (χ1) is 16.6. The van der Waals surface area contributed by atoms with E-state index >= 15 is 0 Å². The third-order valence-corrected chi connectivity index (χ3v) is 6.85. The average Bonchev–Trinajstić information content (AvgIpc) is 2.84. The van der Waals surface area contributed by atoms with Gasteiger partial charge in [-0.25, -0.2) is 8.42 Å². The van der Waals surface area contributed by atoms with E-state index in [9.17, 15) is 28.8 Å². The molecular weight excluding hydrogens is 496 g/mol. The van der Waals surface area contributed by atoms with Crippen molar-refractivity contribution in [2.75, 3.05) is 17.9 Å². The van der Waals surface area contributed by atoms with Crippen LogP contribution in [0.5, 0.6) is 17.2 Å². The lowest BCUT2D eigenvalue weighted by Gasteiger charge is -2.23. The van der Waals surface area contributed by atoms with Crippen molar-refractivity contribution in [3.63, 3.8) is 0 Å². The van der Waals surface area contributed by atoms with Crippen LogP contribution in [0.1, 0.15) is 18.6 Å². The Bertz CT molecular complexity index is 1240. The van der Waals surface area contributed by atoms with Gasteiger partial charge in [-0.05, 0) is 48.9 Å². The summed E-state index contributed by atoms with van der Waals surface area (Å²) < 4.78 is 32.9. The van der Waals surface area contributed by atoms with Crippen LogP contribution < -0.4 is 14.8 Å². The molecule has 0 radical (unpaired) electrons. The average molecular weight is 523 g/mol. The minimum atomic E-state index is -3.91. The van der Waals surface area contributed by atoms with Crippen molar-refractivity contribution >= 4 is 27.3 Å². The fourth-order valence-electron chi connectivity index (χ4n) is 3.17. The van der Waals surface area contributed by atoms with Crippen LogP contribution in [0.2, 0.25) is 5.02 Å². The van der Waals surface area contributed by atoms with E-state index < -0.39 is 28.3 Å². The van der Waals surface area contributed by atoms with Gasteiger partial charge in [0.05, 0.1) is 21.7 Å². The highest BCUT2D eigenvalue weighted by molar-refractivity contribution is 7.92. The van der Waals surface area contributed by atoms with Crippen molar-refractivity contribution < 1.29 is 33.6 Å². The second kappa shape index (κ2) is 11.6. The van der Waals surface area contributed by atoms with Crippen LogP contribution >= 0.6 is 11.6 Å². The number of aromatic hydroxyl groups is 2. The summed E-state index contributed by atoms with van der Waals surface area (Å²) in [5.41, 5.74) is 0.441. The zero-order chi connectivity index (χ0) is 25.6. The monoisotopic (exact) mass is 522 g/mol. The molecule has 0 aliphatic heterocycles. The number of anilines is 1. The molecule has 35 heavy (non-hydrogen) atoms. The largest absolute Gasteiger partial charge is 0.506 e. The minimum Gasteiger partial charge on any atom is -0.506 e. The van der Waals surface area contributed by atoms with E-state index in [1.165, 1.54) is 42.5 Å². The van der Waals surface area contributed by atoms with Crippen LogP contribution in [0.3, 0.4) is 0 Å². The summed E-state index contributed by atoms with van der Waals surface area (Å²) in [6.07, 6.45) is -1.88. The Morgan fingerprint density at radius 2 is 1.66 bits per heavy atom. The topological polar surface area (TPSA) is 148 Å². The van der Waals surface area contributed by atoms with Crippen molar-refractivity contribution in [2.45, 2.75) is 30.1 Å². The maximum Gasteiger partial charge on any atom is 0.262 e. The molecule has 3 aromatic carbocycles. The first-order valence-electron chi connectivity index (χ1n) is 10.7. The molecule has 2 unspecified atom stereocenters. The minimum absolute atomic E-state index is 0.0399. The summed E-state index contributed by atoms with van der Waals surface area (Å²) in [5.74, 6) is -0.128. The molecule has 3 rings (SSSR count). The van der Waals surface area contributed by atoms with Crippen molar-refractivity contribution in [1.82, 2.24) is 5.32 Å². The predicted octanol–water partition coefficient (Wildman–Crippen LogP) is 3.00. The van der Waals surface area contributed by atoms with Crippen LogP contribution in [0.25, 0.3) is 0 Å². The lowest BCUT2D eigenvalue weighted by molar-refractivity contribution is 0.0876. The van der Waals surface area contributed by atoms with Crippen LogP contribution in [0.4, 0.5) is 5.69 Å². The first-order valence-corrected chi connectivity index (χ1v) is 12.5. The van der Waals surface area contributed by atoms with E-state index in [0.717, 1.165) is 0 Å². The lowest BCUT2D eigenvalue weighted by atomic mass is 10.0. The van der Waals surface area contributed by atoms with E-state index in [4.69, 9.17) is 16.3 Å². The number of aliphatic hydroxyl groups excluding tert-OH is 2. The van der Waals surface area contributed by atoms with Crippen molar-refractivity contribution in [3.8, 4) is 17.2 Å². The van der Waals surface area contributed by atoms with Crippen LogP contribution in [-0.2, 0) is 10.0 Å². The third-order valence-electron chi connectivity index (χ3n) is 5.17. The molecule has 11 heteroatoms. The fraction of sp³-hybridized carbons (Fsp3) is 0.250. The van der Waals surface area contributed by atoms with Gasteiger partial charge in [-0.2, -0.15) is 0 Å². The number of benzene rings is 3. The molecule has 0 saturated heterocycles. The van der Waals surface area contributed by atoms with Gasteiger partial charge < -0.3 is 30.5 Å². The van der Waals surface area contributed by atoms with Gasteiger partial charge in [0.2, 0.25) is 0 Å². The fourth-order valence-corrected chi connectivity index (χ4v) is 4.45. The molecule has 3 aromatic rings. The zero-order valence-electron chi connectivity index (χ0n) is 18.8. The summed E-state index contributed by atoms with van der Waals surface area (Å²) in [5, 5.41) is 43.4. The quantitative estimate of drug-likeness (QED) is 0.210. The number of ether oxygens (including phenoxy) is 1. The lowest BCUT2D eigenvalue weighted by Crippen LogP contribution is -2.39. The smallest absolute Gasteiger partial charge is 0.262 e. The molecule has 3 atom stereocenters. The molecule has 0 spiro atoms.